The van der Waals surface area contributed by atoms with Crippen LogP contribution < -0.4 is 0 Å². The third-order valence-electron chi connectivity index (χ3n) is 5.08. The molecule has 0 bridgehead atoms. The molecule has 1 aliphatic rings. The van der Waals surface area contributed by atoms with Gasteiger partial charge in [-0.05, 0) is 44.6 Å². The van der Waals surface area contributed by atoms with Crippen LogP contribution in [0.4, 0.5) is 0 Å². The largest absolute Gasteiger partial charge is 0.466 e. The zero-order valence-corrected chi connectivity index (χ0v) is 16.8. The van der Waals surface area contributed by atoms with Crippen molar-refractivity contribution in [1.29, 1.82) is 0 Å². The topological polar surface area (TPSA) is 83.8 Å². The number of rotatable bonds is 13. The van der Waals surface area contributed by atoms with Crippen LogP contribution in [0.15, 0.2) is 24.3 Å². The molecule has 0 aliphatic heterocycles. The van der Waals surface area contributed by atoms with Gasteiger partial charge in [0.2, 0.25) is 0 Å². The van der Waals surface area contributed by atoms with Crippen molar-refractivity contribution in [2.24, 2.45) is 11.8 Å². The van der Waals surface area contributed by atoms with Crippen molar-refractivity contribution in [3.63, 3.8) is 0 Å². The molecule has 0 aromatic rings. The molecule has 0 unspecified atom stereocenters. The molecule has 2 N–H and O–H groups in total. The van der Waals surface area contributed by atoms with Gasteiger partial charge < -0.3 is 14.9 Å². The van der Waals surface area contributed by atoms with E-state index in [9.17, 15) is 19.8 Å². The van der Waals surface area contributed by atoms with Gasteiger partial charge in [0.15, 0.2) is 5.78 Å². The summed E-state index contributed by atoms with van der Waals surface area (Å²) in [6, 6.07) is 0. The highest BCUT2D eigenvalue weighted by atomic mass is 16.5. The molecule has 1 aliphatic carbocycles. The maximum atomic E-state index is 12.0. The van der Waals surface area contributed by atoms with Gasteiger partial charge in [0.05, 0.1) is 18.8 Å². The van der Waals surface area contributed by atoms with Gasteiger partial charge in [-0.1, -0.05) is 38.0 Å². The van der Waals surface area contributed by atoms with Gasteiger partial charge in [-0.15, -0.1) is 0 Å². The Kier molecular flexibility index (Phi) is 11.9. The molecule has 27 heavy (non-hydrogen) atoms. The Morgan fingerprint density at radius 3 is 2.52 bits per heavy atom. The van der Waals surface area contributed by atoms with Crippen LogP contribution in [-0.4, -0.2) is 40.8 Å². The van der Waals surface area contributed by atoms with Gasteiger partial charge in [-0.3, -0.25) is 9.59 Å². The second kappa shape index (κ2) is 13.7. The number of hydrogen-bond acceptors (Lipinski definition) is 5. The lowest BCUT2D eigenvalue weighted by Gasteiger charge is -2.19. The summed E-state index contributed by atoms with van der Waals surface area (Å²) >= 11 is 0. The molecule has 0 saturated heterocycles. The van der Waals surface area contributed by atoms with E-state index in [-0.39, 0.29) is 36.4 Å². The molecule has 0 amide bonds. The highest BCUT2D eigenvalue weighted by Crippen LogP contribution is 2.36. The van der Waals surface area contributed by atoms with Crippen molar-refractivity contribution in [2.45, 2.75) is 83.8 Å². The summed E-state index contributed by atoms with van der Waals surface area (Å²) in [4.78, 5) is 23.3. The van der Waals surface area contributed by atoms with Gasteiger partial charge in [-0.2, -0.15) is 0 Å². The van der Waals surface area contributed by atoms with Crippen molar-refractivity contribution in [3.05, 3.63) is 24.3 Å². The first-order valence-corrected chi connectivity index (χ1v) is 10.4. The quantitative estimate of drug-likeness (QED) is 0.220. The predicted molar refractivity (Wildman–Crippen MR) is 106 cm³/mol. The summed E-state index contributed by atoms with van der Waals surface area (Å²) in [5.74, 6) is -0.628. The predicted octanol–water partition coefficient (Wildman–Crippen LogP) is 3.73. The summed E-state index contributed by atoms with van der Waals surface area (Å²) in [6.45, 7) is 4.28. The third-order valence-corrected chi connectivity index (χ3v) is 5.08. The fourth-order valence-electron chi connectivity index (χ4n) is 3.53. The van der Waals surface area contributed by atoms with Crippen molar-refractivity contribution >= 4 is 11.8 Å². The lowest BCUT2D eigenvalue weighted by Crippen LogP contribution is -2.20. The number of esters is 1. The molecule has 0 aromatic heterocycles. The first-order valence-electron chi connectivity index (χ1n) is 10.4. The van der Waals surface area contributed by atoms with Gasteiger partial charge in [0.1, 0.15) is 0 Å². The molecule has 0 heterocycles. The van der Waals surface area contributed by atoms with E-state index in [4.69, 9.17) is 4.74 Å². The molecule has 5 heteroatoms. The zero-order chi connectivity index (χ0) is 20.1. The van der Waals surface area contributed by atoms with E-state index in [0.29, 0.717) is 25.9 Å². The van der Waals surface area contributed by atoms with Crippen LogP contribution in [0, 0.1) is 11.8 Å². The molecule has 4 atom stereocenters. The zero-order valence-electron chi connectivity index (χ0n) is 16.8. The van der Waals surface area contributed by atoms with Crippen LogP contribution in [0.3, 0.4) is 0 Å². The monoisotopic (exact) mass is 380 g/mol. The van der Waals surface area contributed by atoms with Gasteiger partial charge in [-0.25, -0.2) is 0 Å². The average molecular weight is 381 g/mol. The lowest BCUT2D eigenvalue weighted by atomic mass is 9.89. The van der Waals surface area contributed by atoms with E-state index in [1.807, 2.05) is 0 Å². The van der Waals surface area contributed by atoms with Crippen molar-refractivity contribution in [3.8, 4) is 0 Å². The van der Waals surface area contributed by atoms with Gasteiger partial charge in [0, 0.05) is 25.2 Å². The molecular formula is C22H36O5. The van der Waals surface area contributed by atoms with Crippen molar-refractivity contribution in [1.82, 2.24) is 0 Å². The molecule has 1 saturated carbocycles. The first-order chi connectivity index (χ1) is 13.0. The summed E-state index contributed by atoms with van der Waals surface area (Å²) in [6.07, 6.45) is 13.0. The number of aliphatic hydroxyl groups excluding tert-OH is 2. The Labute approximate surface area is 163 Å². The van der Waals surface area contributed by atoms with E-state index in [1.165, 1.54) is 25.3 Å². The number of carbonyl (C=O) groups is 2. The second-order valence-corrected chi connectivity index (χ2v) is 7.30. The highest BCUT2D eigenvalue weighted by molar-refractivity contribution is 5.89. The number of allylic oxidation sites excluding steroid dienone is 3. The number of hydrogen-bond donors (Lipinski definition) is 2. The Hall–Kier alpha value is -1.46. The first kappa shape index (κ1) is 23.6. The number of ether oxygens (including phenoxy) is 1. The van der Waals surface area contributed by atoms with Crippen molar-refractivity contribution in [2.75, 3.05) is 6.61 Å². The van der Waals surface area contributed by atoms with Crippen LogP contribution >= 0.6 is 0 Å². The second-order valence-electron chi connectivity index (χ2n) is 7.30. The van der Waals surface area contributed by atoms with Gasteiger partial charge >= 0.3 is 5.97 Å². The summed E-state index contributed by atoms with van der Waals surface area (Å²) in [5.41, 5.74) is 0. The summed E-state index contributed by atoms with van der Waals surface area (Å²) < 4.78 is 4.84. The van der Waals surface area contributed by atoms with E-state index in [1.54, 1.807) is 13.0 Å². The maximum Gasteiger partial charge on any atom is 0.305 e. The molecule has 154 valence electrons. The van der Waals surface area contributed by atoms with Gasteiger partial charge in [0.25, 0.3) is 0 Å². The molecular weight excluding hydrogens is 344 g/mol. The normalized spacial score (nSPS) is 25.5. The standard InChI is InChI=1S/C22H36O5/c1-3-5-6-7-8-9-12-18-19(21(25)16-20(18)24)15-14-17(23)11-10-13-22(26)27-4-2/h8-9,14-15,18-21,24-25H,3-7,10-13,16H2,1-2H3/b9-8-,15-14+/t18-,19+,20-,21+/m0/s1. The molecule has 1 fully saturated rings. The Morgan fingerprint density at radius 2 is 1.81 bits per heavy atom. The molecule has 0 aromatic carbocycles. The van der Waals surface area contributed by atoms with Crippen molar-refractivity contribution < 1.29 is 24.5 Å². The Bertz CT molecular complexity index is 497. The minimum absolute atomic E-state index is 0.0639. The Morgan fingerprint density at radius 1 is 1.04 bits per heavy atom. The van der Waals surface area contributed by atoms with Crippen LogP contribution in [0.25, 0.3) is 0 Å². The van der Waals surface area contributed by atoms with Crippen LogP contribution in [0.5, 0.6) is 0 Å². The average Bonchev–Trinajstić information content (AvgIpc) is 2.89. The molecule has 1 rings (SSSR count). The SMILES string of the molecule is CCCCC/C=C\C[C@H]1[C@@H](/C=C/C(=O)CCCC(=O)OCC)[C@H](O)C[C@@H]1O. The highest BCUT2D eigenvalue weighted by Gasteiger charge is 2.39. The van der Waals surface area contributed by atoms with Crippen LogP contribution in [-0.2, 0) is 14.3 Å². The minimum atomic E-state index is -0.623. The molecule has 0 radical (unpaired) electrons. The van der Waals surface area contributed by atoms with E-state index in [0.717, 1.165) is 6.42 Å². The van der Waals surface area contributed by atoms with Crippen LogP contribution in [0.2, 0.25) is 0 Å². The number of ketones is 1. The number of carbonyl (C=O) groups excluding carboxylic acids is 2. The van der Waals surface area contributed by atoms with Crippen LogP contribution in [0.1, 0.15) is 71.6 Å². The summed E-state index contributed by atoms with van der Waals surface area (Å²) in [7, 11) is 0. The fraction of sp³-hybridized carbons (Fsp3) is 0.727. The Balaban J connectivity index is 2.45. The fourth-order valence-corrected chi connectivity index (χ4v) is 3.53. The maximum absolute atomic E-state index is 12.0. The molecule has 5 nitrogen and oxygen atoms in total. The minimum Gasteiger partial charge on any atom is -0.466 e. The van der Waals surface area contributed by atoms with E-state index in [2.05, 4.69) is 19.1 Å². The molecule has 0 spiro atoms. The number of unbranched alkanes of at least 4 members (excludes halogenated alkanes) is 3. The third kappa shape index (κ3) is 9.34. The smallest absolute Gasteiger partial charge is 0.305 e. The summed E-state index contributed by atoms with van der Waals surface area (Å²) in [5, 5.41) is 20.4. The lowest BCUT2D eigenvalue weighted by molar-refractivity contribution is -0.143. The number of aliphatic hydroxyl groups is 2. The van der Waals surface area contributed by atoms with E-state index < -0.39 is 12.2 Å². The van der Waals surface area contributed by atoms with E-state index >= 15 is 0 Å².